The second kappa shape index (κ2) is 9.00. The molecule has 1 aromatic rings. The molecule has 100 valence electrons. The van der Waals surface area contributed by atoms with Crippen molar-refractivity contribution in [2.24, 2.45) is 0 Å². The summed E-state index contributed by atoms with van der Waals surface area (Å²) < 4.78 is 0. The zero-order valence-corrected chi connectivity index (χ0v) is 11.6. The number of benzene rings is 1. The highest BCUT2D eigenvalue weighted by atomic mass is 32.2. The summed E-state index contributed by atoms with van der Waals surface area (Å²) in [6.45, 7) is 2.96. The second-order valence-corrected chi connectivity index (χ2v) is 5.37. The van der Waals surface area contributed by atoms with E-state index in [2.05, 4.69) is 5.32 Å². The van der Waals surface area contributed by atoms with Gasteiger partial charge < -0.3 is 10.4 Å². The molecule has 2 N–H and O–H groups in total. The van der Waals surface area contributed by atoms with Gasteiger partial charge in [0, 0.05) is 18.9 Å². The fourth-order valence-electron chi connectivity index (χ4n) is 1.58. The highest BCUT2D eigenvalue weighted by molar-refractivity contribution is 7.99. The fourth-order valence-corrected chi connectivity index (χ4v) is 2.36. The maximum Gasteiger partial charge on any atom is 0.224 e. The first kappa shape index (κ1) is 15.1. The van der Waals surface area contributed by atoms with Crippen LogP contribution in [0.15, 0.2) is 24.3 Å². The molecule has 0 spiro atoms. The summed E-state index contributed by atoms with van der Waals surface area (Å²) in [6.07, 6.45) is 1.27. The molecule has 0 bridgehead atoms. The molecule has 0 unspecified atom stereocenters. The van der Waals surface area contributed by atoms with Gasteiger partial charge in [-0.2, -0.15) is 11.8 Å². The van der Waals surface area contributed by atoms with Crippen LogP contribution < -0.4 is 5.32 Å². The smallest absolute Gasteiger partial charge is 0.224 e. The highest BCUT2D eigenvalue weighted by Gasteiger charge is 2.04. The van der Waals surface area contributed by atoms with E-state index >= 15 is 0 Å². The van der Waals surface area contributed by atoms with Crippen molar-refractivity contribution in [1.82, 2.24) is 5.32 Å². The number of carbonyl (C=O) groups excluding carboxylic acids is 1. The van der Waals surface area contributed by atoms with E-state index in [1.54, 1.807) is 11.8 Å². The van der Waals surface area contributed by atoms with Gasteiger partial charge in [-0.25, -0.2) is 0 Å². The molecule has 1 aromatic carbocycles. The molecule has 4 heteroatoms. The van der Waals surface area contributed by atoms with Crippen molar-refractivity contribution in [3.05, 3.63) is 35.4 Å². The first-order chi connectivity index (χ1) is 8.74. The minimum Gasteiger partial charge on any atom is -0.396 e. The van der Waals surface area contributed by atoms with Gasteiger partial charge in [0.05, 0.1) is 6.42 Å². The second-order valence-electron chi connectivity index (χ2n) is 4.14. The van der Waals surface area contributed by atoms with E-state index in [1.807, 2.05) is 31.2 Å². The molecule has 1 amide bonds. The van der Waals surface area contributed by atoms with Gasteiger partial charge in [0.2, 0.25) is 5.91 Å². The van der Waals surface area contributed by atoms with Crippen LogP contribution in [0.3, 0.4) is 0 Å². The Balaban J connectivity index is 2.16. The van der Waals surface area contributed by atoms with Crippen LogP contribution >= 0.6 is 11.8 Å². The molecule has 0 aliphatic rings. The largest absolute Gasteiger partial charge is 0.396 e. The number of hydrogen-bond acceptors (Lipinski definition) is 3. The number of rotatable bonds is 8. The third-order valence-electron chi connectivity index (χ3n) is 2.63. The average Bonchev–Trinajstić information content (AvgIpc) is 2.36. The van der Waals surface area contributed by atoms with E-state index in [4.69, 9.17) is 5.11 Å². The summed E-state index contributed by atoms with van der Waals surface area (Å²) in [4.78, 5) is 11.7. The molecule has 18 heavy (non-hydrogen) atoms. The molecule has 0 aliphatic heterocycles. The van der Waals surface area contributed by atoms with Gasteiger partial charge in [0.1, 0.15) is 0 Å². The van der Waals surface area contributed by atoms with Crippen LogP contribution in [0.1, 0.15) is 17.5 Å². The van der Waals surface area contributed by atoms with E-state index < -0.39 is 0 Å². The van der Waals surface area contributed by atoms with Gasteiger partial charge in [-0.15, -0.1) is 0 Å². The summed E-state index contributed by atoms with van der Waals surface area (Å²) >= 11 is 1.75. The van der Waals surface area contributed by atoms with E-state index in [9.17, 15) is 4.79 Å². The summed E-state index contributed by atoms with van der Waals surface area (Å²) in [6, 6.07) is 7.95. The molecule has 0 heterocycles. The van der Waals surface area contributed by atoms with Crippen molar-refractivity contribution >= 4 is 17.7 Å². The third-order valence-corrected chi connectivity index (χ3v) is 3.70. The number of amides is 1. The monoisotopic (exact) mass is 267 g/mol. The Hall–Kier alpha value is -1.00. The maximum absolute atomic E-state index is 11.7. The Morgan fingerprint density at radius 3 is 2.83 bits per heavy atom. The first-order valence-electron chi connectivity index (χ1n) is 6.24. The lowest BCUT2D eigenvalue weighted by atomic mass is 10.1. The zero-order valence-electron chi connectivity index (χ0n) is 10.8. The van der Waals surface area contributed by atoms with Gasteiger partial charge in [0.25, 0.3) is 0 Å². The summed E-state index contributed by atoms with van der Waals surface area (Å²) in [5.41, 5.74) is 2.24. The number of nitrogens with one attached hydrogen (secondary N) is 1. The van der Waals surface area contributed by atoms with Crippen molar-refractivity contribution < 1.29 is 9.90 Å². The number of aryl methyl sites for hydroxylation is 1. The lowest BCUT2D eigenvalue weighted by molar-refractivity contribution is -0.120. The van der Waals surface area contributed by atoms with E-state index in [1.165, 1.54) is 0 Å². The summed E-state index contributed by atoms with van der Waals surface area (Å²) in [5, 5.41) is 11.5. The Morgan fingerprint density at radius 2 is 2.11 bits per heavy atom. The van der Waals surface area contributed by atoms with Crippen LogP contribution in [0.2, 0.25) is 0 Å². The minimum absolute atomic E-state index is 0.0760. The molecule has 0 atom stereocenters. The van der Waals surface area contributed by atoms with Crippen LogP contribution in [-0.2, 0) is 11.2 Å². The fraction of sp³-hybridized carbons (Fsp3) is 0.500. The predicted octanol–water partition coefficient (Wildman–Crippen LogP) is 1.77. The third kappa shape index (κ3) is 6.07. The van der Waals surface area contributed by atoms with E-state index in [-0.39, 0.29) is 12.5 Å². The lowest BCUT2D eigenvalue weighted by Crippen LogP contribution is -2.27. The van der Waals surface area contributed by atoms with Crippen molar-refractivity contribution in [3.63, 3.8) is 0 Å². The zero-order chi connectivity index (χ0) is 13.2. The molecule has 0 saturated heterocycles. The topological polar surface area (TPSA) is 49.3 Å². The number of thioether (sulfide) groups is 1. The Labute approximate surface area is 113 Å². The maximum atomic E-state index is 11.7. The number of aliphatic hydroxyl groups is 1. The summed E-state index contributed by atoms with van der Waals surface area (Å²) in [7, 11) is 0. The predicted molar refractivity (Wildman–Crippen MR) is 76.9 cm³/mol. The number of aliphatic hydroxyl groups excluding tert-OH is 1. The van der Waals surface area contributed by atoms with Crippen molar-refractivity contribution in [2.45, 2.75) is 19.8 Å². The number of hydrogen-bond donors (Lipinski definition) is 2. The first-order valence-corrected chi connectivity index (χ1v) is 7.39. The van der Waals surface area contributed by atoms with Crippen LogP contribution in [0.4, 0.5) is 0 Å². The Morgan fingerprint density at radius 1 is 1.33 bits per heavy atom. The minimum atomic E-state index is 0.0760. The molecule has 0 fully saturated rings. The van der Waals surface area contributed by atoms with Crippen molar-refractivity contribution in [2.75, 3.05) is 24.7 Å². The van der Waals surface area contributed by atoms with Crippen LogP contribution in [0.25, 0.3) is 0 Å². The number of carbonyl (C=O) groups is 1. The van der Waals surface area contributed by atoms with Crippen molar-refractivity contribution in [3.8, 4) is 0 Å². The standard InChI is InChI=1S/C14H21NO2S/c1-12-5-2-3-6-13(12)11-14(17)15-7-10-18-9-4-8-16/h2-3,5-6,16H,4,7-11H2,1H3,(H,15,17). The van der Waals surface area contributed by atoms with Gasteiger partial charge >= 0.3 is 0 Å². The molecule has 0 aliphatic carbocycles. The van der Waals surface area contributed by atoms with Gasteiger partial charge in [-0.05, 0) is 30.2 Å². The SMILES string of the molecule is Cc1ccccc1CC(=O)NCCSCCCO. The molecule has 0 radical (unpaired) electrons. The van der Waals surface area contributed by atoms with Gasteiger partial charge in [0.15, 0.2) is 0 Å². The van der Waals surface area contributed by atoms with Gasteiger partial charge in [-0.3, -0.25) is 4.79 Å². The quantitative estimate of drug-likeness (QED) is 0.706. The van der Waals surface area contributed by atoms with Crippen LogP contribution in [-0.4, -0.2) is 35.7 Å². The molecular weight excluding hydrogens is 246 g/mol. The molecule has 0 aromatic heterocycles. The van der Waals surface area contributed by atoms with Gasteiger partial charge in [-0.1, -0.05) is 24.3 Å². The molecule has 3 nitrogen and oxygen atoms in total. The Kier molecular flexibility index (Phi) is 7.53. The van der Waals surface area contributed by atoms with E-state index in [0.717, 1.165) is 29.1 Å². The van der Waals surface area contributed by atoms with Crippen molar-refractivity contribution in [1.29, 1.82) is 0 Å². The molecule has 0 saturated carbocycles. The Bertz CT molecular complexity index is 369. The normalized spacial score (nSPS) is 10.3. The molecular formula is C14H21NO2S. The molecule has 1 rings (SSSR count). The van der Waals surface area contributed by atoms with E-state index in [0.29, 0.717) is 13.0 Å². The highest BCUT2D eigenvalue weighted by Crippen LogP contribution is 2.07. The van der Waals surface area contributed by atoms with Crippen LogP contribution in [0.5, 0.6) is 0 Å². The average molecular weight is 267 g/mol. The lowest BCUT2D eigenvalue weighted by Gasteiger charge is -2.07. The summed E-state index contributed by atoms with van der Waals surface area (Å²) in [5.74, 6) is 1.93. The van der Waals surface area contributed by atoms with Crippen LogP contribution in [0, 0.1) is 6.92 Å².